The number of halogens is 3. The van der Waals surface area contributed by atoms with E-state index in [9.17, 15) is 18.0 Å². The molecule has 5 rings (SSSR count). The molecule has 33 heavy (non-hydrogen) atoms. The fourth-order valence-corrected chi connectivity index (χ4v) is 5.02. The minimum atomic E-state index is -4.69. The van der Waals surface area contributed by atoms with Crippen molar-refractivity contribution in [3.05, 3.63) is 70.2 Å². The molecule has 1 amide bonds. The minimum absolute atomic E-state index is 0.0436. The molecule has 1 aliphatic heterocycles. The van der Waals surface area contributed by atoms with Gasteiger partial charge in [0.05, 0.1) is 18.8 Å². The van der Waals surface area contributed by atoms with Gasteiger partial charge in [-0.1, -0.05) is 18.2 Å². The summed E-state index contributed by atoms with van der Waals surface area (Å²) in [5.74, 6) is 0.105. The molecule has 4 heterocycles. The zero-order valence-corrected chi connectivity index (χ0v) is 18.4. The first kappa shape index (κ1) is 21.4. The Morgan fingerprint density at radius 3 is 2.76 bits per heavy atom. The smallest absolute Gasteiger partial charge is 0.433 e. The molecule has 6 nitrogen and oxygen atoms in total. The fourth-order valence-electron chi connectivity index (χ4n) is 4.14. The Kier molecular flexibility index (Phi) is 5.32. The topological polar surface area (TPSA) is 59.7 Å². The number of methoxy groups -OCH3 is 1. The molecule has 1 fully saturated rings. The summed E-state index contributed by atoms with van der Waals surface area (Å²) in [5.41, 5.74) is -0.517. The molecule has 0 saturated carbocycles. The molecule has 1 atom stereocenters. The van der Waals surface area contributed by atoms with Crippen LogP contribution in [0, 0.1) is 0 Å². The third kappa shape index (κ3) is 3.95. The Morgan fingerprint density at radius 1 is 1.18 bits per heavy atom. The number of aromatic nitrogens is 3. The number of hydrogen-bond acceptors (Lipinski definition) is 5. The van der Waals surface area contributed by atoms with E-state index >= 15 is 0 Å². The lowest BCUT2D eigenvalue weighted by atomic mass is 10.1. The second-order valence-corrected chi connectivity index (χ2v) is 8.71. The number of rotatable bonds is 4. The quantitative estimate of drug-likeness (QED) is 0.396. The molecule has 0 unspecified atom stereocenters. The van der Waals surface area contributed by atoms with E-state index in [1.807, 2.05) is 17.5 Å². The van der Waals surface area contributed by atoms with Gasteiger partial charge in [-0.15, -0.1) is 11.3 Å². The molecule has 10 heteroatoms. The standard InChI is InChI=1S/C23H19F3N4O2S/c1-32-15-6-2-5-14(11-15)16-12-20(23(24,25)26)30-21(27-16)13-17(28-30)22(31)29-9-3-7-18(29)19-8-4-10-33-19/h2,4-6,8,10-13,18H,3,7,9H2,1H3/t18-/m0/s1. The maximum Gasteiger partial charge on any atom is 0.433 e. The van der Waals surface area contributed by atoms with Crippen molar-refractivity contribution < 1.29 is 22.7 Å². The first-order valence-corrected chi connectivity index (χ1v) is 11.2. The summed E-state index contributed by atoms with van der Waals surface area (Å²) in [6.45, 7) is 0.532. The van der Waals surface area contributed by atoms with Crippen LogP contribution < -0.4 is 4.74 Å². The predicted octanol–water partition coefficient (Wildman–Crippen LogP) is 5.46. The van der Waals surface area contributed by atoms with E-state index < -0.39 is 17.8 Å². The van der Waals surface area contributed by atoms with Crippen molar-refractivity contribution in [3.8, 4) is 17.0 Å². The number of hydrogen-bond donors (Lipinski definition) is 0. The molecular formula is C23H19F3N4O2S. The van der Waals surface area contributed by atoms with Crippen LogP contribution in [0.2, 0.25) is 0 Å². The SMILES string of the molecule is COc1cccc(-c2cc(C(F)(F)F)n3nc(C(=O)N4CCC[C@H]4c4cccs4)cc3n2)c1. The Labute approximate surface area is 191 Å². The largest absolute Gasteiger partial charge is 0.497 e. The molecule has 0 spiro atoms. The van der Waals surface area contributed by atoms with Gasteiger partial charge in [0.1, 0.15) is 5.75 Å². The highest BCUT2D eigenvalue weighted by atomic mass is 32.1. The number of fused-ring (bicyclic) bond motifs is 1. The molecule has 3 aromatic heterocycles. The second kappa shape index (κ2) is 8.18. The third-order valence-corrected chi connectivity index (χ3v) is 6.66. The van der Waals surface area contributed by atoms with Crippen LogP contribution in [0.15, 0.2) is 53.9 Å². The van der Waals surface area contributed by atoms with Crippen molar-refractivity contribution in [3.63, 3.8) is 0 Å². The van der Waals surface area contributed by atoms with Crippen molar-refractivity contribution in [2.75, 3.05) is 13.7 Å². The summed E-state index contributed by atoms with van der Waals surface area (Å²) in [4.78, 5) is 20.4. The number of likely N-dealkylation sites (tertiary alicyclic amines) is 1. The van der Waals surface area contributed by atoms with Crippen LogP contribution in [0.3, 0.4) is 0 Å². The molecule has 0 radical (unpaired) electrons. The van der Waals surface area contributed by atoms with Crippen LogP contribution in [0.1, 0.15) is 39.9 Å². The zero-order chi connectivity index (χ0) is 23.2. The molecule has 1 aliphatic rings. The number of carbonyl (C=O) groups is 1. The number of benzene rings is 1. The van der Waals surface area contributed by atoms with Crippen LogP contribution in [0.5, 0.6) is 5.75 Å². The third-order valence-electron chi connectivity index (χ3n) is 5.69. The van der Waals surface area contributed by atoms with E-state index in [1.165, 1.54) is 13.2 Å². The van der Waals surface area contributed by atoms with Gasteiger partial charge < -0.3 is 9.64 Å². The van der Waals surface area contributed by atoms with Gasteiger partial charge in [0, 0.05) is 23.1 Å². The van der Waals surface area contributed by atoms with Crippen molar-refractivity contribution >= 4 is 22.9 Å². The highest BCUT2D eigenvalue weighted by Gasteiger charge is 2.37. The lowest BCUT2D eigenvalue weighted by Gasteiger charge is -2.22. The molecule has 0 aliphatic carbocycles. The number of thiophene rings is 1. The van der Waals surface area contributed by atoms with E-state index in [-0.39, 0.29) is 23.1 Å². The number of carbonyl (C=O) groups excluding carboxylic acids is 1. The van der Waals surface area contributed by atoms with Gasteiger partial charge in [-0.2, -0.15) is 18.3 Å². The average Bonchev–Trinajstić information content (AvgIpc) is 3.57. The van der Waals surface area contributed by atoms with Gasteiger partial charge in [0.25, 0.3) is 5.91 Å². The van der Waals surface area contributed by atoms with Crippen LogP contribution in [-0.4, -0.2) is 39.1 Å². The lowest BCUT2D eigenvalue weighted by Crippen LogP contribution is -2.30. The van der Waals surface area contributed by atoms with Crippen LogP contribution in [0.25, 0.3) is 16.9 Å². The van der Waals surface area contributed by atoms with Crippen LogP contribution in [-0.2, 0) is 6.18 Å². The maximum absolute atomic E-state index is 13.9. The van der Waals surface area contributed by atoms with Crippen LogP contribution in [0.4, 0.5) is 13.2 Å². The Hall–Kier alpha value is -3.40. The Morgan fingerprint density at radius 2 is 2.03 bits per heavy atom. The number of amides is 1. The summed E-state index contributed by atoms with van der Waals surface area (Å²) >= 11 is 1.56. The molecule has 0 bridgehead atoms. The van der Waals surface area contributed by atoms with Gasteiger partial charge >= 0.3 is 6.18 Å². The number of nitrogens with zero attached hydrogens (tertiary/aromatic N) is 4. The summed E-state index contributed by atoms with van der Waals surface area (Å²) < 4.78 is 47.6. The molecule has 1 aromatic carbocycles. The number of ether oxygens (including phenoxy) is 1. The lowest BCUT2D eigenvalue weighted by molar-refractivity contribution is -0.142. The predicted molar refractivity (Wildman–Crippen MR) is 117 cm³/mol. The molecular weight excluding hydrogens is 453 g/mol. The molecule has 0 N–H and O–H groups in total. The van der Waals surface area contributed by atoms with Crippen LogP contribution >= 0.6 is 11.3 Å². The van der Waals surface area contributed by atoms with Gasteiger partial charge in [0.15, 0.2) is 17.0 Å². The zero-order valence-electron chi connectivity index (χ0n) is 17.5. The summed E-state index contributed by atoms with van der Waals surface area (Å²) in [5, 5.41) is 5.97. The highest BCUT2D eigenvalue weighted by Crippen LogP contribution is 2.36. The van der Waals surface area contributed by atoms with E-state index in [0.717, 1.165) is 23.8 Å². The Bertz CT molecular complexity index is 1320. The van der Waals surface area contributed by atoms with E-state index in [2.05, 4.69) is 10.1 Å². The molecule has 170 valence electrons. The first-order valence-electron chi connectivity index (χ1n) is 10.3. The van der Waals surface area contributed by atoms with Crippen molar-refractivity contribution in [1.29, 1.82) is 0 Å². The number of alkyl halides is 3. The summed E-state index contributed by atoms with van der Waals surface area (Å²) in [6.07, 6.45) is -3.05. The van der Waals surface area contributed by atoms with Gasteiger partial charge in [-0.25, -0.2) is 9.50 Å². The summed E-state index contributed by atoms with van der Waals surface area (Å²) in [7, 11) is 1.48. The normalized spacial score (nSPS) is 16.5. The van der Waals surface area contributed by atoms with E-state index in [1.54, 1.807) is 40.5 Å². The second-order valence-electron chi connectivity index (χ2n) is 7.73. The van der Waals surface area contributed by atoms with Crippen molar-refractivity contribution in [2.24, 2.45) is 0 Å². The maximum atomic E-state index is 13.9. The summed E-state index contributed by atoms with van der Waals surface area (Å²) in [6, 6.07) is 12.7. The van der Waals surface area contributed by atoms with Crippen molar-refractivity contribution in [2.45, 2.75) is 25.1 Å². The fraction of sp³-hybridized carbons (Fsp3) is 0.261. The first-order chi connectivity index (χ1) is 15.8. The molecule has 4 aromatic rings. The van der Waals surface area contributed by atoms with Gasteiger partial charge in [-0.05, 0) is 42.5 Å². The molecule has 1 saturated heterocycles. The Balaban J connectivity index is 1.58. The van der Waals surface area contributed by atoms with E-state index in [4.69, 9.17) is 4.74 Å². The van der Waals surface area contributed by atoms with E-state index in [0.29, 0.717) is 22.4 Å². The van der Waals surface area contributed by atoms with Crippen molar-refractivity contribution in [1.82, 2.24) is 19.5 Å². The highest BCUT2D eigenvalue weighted by molar-refractivity contribution is 7.10. The van der Waals surface area contributed by atoms with Gasteiger partial charge in [0.2, 0.25) is 0 Å². The average molecular weight is 472 g/mol. The van der Waals surface area contributed by atoms with Gasteiger partial charge in [-0.3, -0.25) is 4.79 Å². The minimum Gasteiger partial charge on any atom is -0.497 e. The monoisotopic (exact) mass is 472 g/mol.